The monoisotopic (exact) mass is 599 g/mol. The van der Waals surface area contributed by atoms with E-state index in [1.807, 2.05) is 4.57 Å². The normalized spacial score (nSPS) is 14.9. The van der Waals surface area contributed by atoms with Crippen LogP contribution in [0.15, 0.2) is 58.5 Å². The van der Waals surface area contributed by atoms with Gasteiger partial charge in [-0.2, -0.15) is 26.9 Å². The summed E-state index contributed by atoms with van der Waals surface area (Å²) in [5.74, 6) is -0.352. The maximum Gasteiger partial charge on any atom is 0.422 e. The zero-order valence-electron chi connectivity index (χ0n) is 21.6. The van der Waals surface area contributed by atoms with Crippen molar-refractivity contribution in [3.63, 3.8) is 0 Å². The molecule has 0 atom stereocenters. The maximum atomic E-state index is 14.0. The number of nitrogens with one attached hydrogen (secondary N) is 2. The summed E-state index contributed by atoms with van der Waals surface area (Å²) >= 11 is 0. The first-order valence-electron chi connectivity index (χ1n) is 12.8. The average molecular weight is 600 g/mol. The average Bonchev–Trinajstić information content (AvgIpc) is 3.34. The fourth-order valence-corrected chi connectivity index (χ4v) is 5.97. The molecule has 0 amide bonds. The number of piperidine rings is 1. The Balaban J connectivity index is 1.72. The number of aromatic nitrogens is 3. The lowest BCUT2D eigenvalue weighted by atomic mass is 9.99. The Kier molecular flexibility index (Phi) is 6.66. The number of nitriles is 1. The highest BCUT2D eigenvalue weighted by Gasteiger charge is 2.30. The van der Waals surface area contributed by atoms with Gasteiger partial charge < -0.3 is 19.6 Å². The van der Waals surface area contributed by atoms with E-state index in [1.165, 1.54) is 18.3 Å². The number of benzene rings is 2. The van der Waals surface area contributed by atoms with Gasteiger partial charge in [-0.05, 0) is 56.3 Å². The molecule has 42 heavy (non-hydrogen) atoms. The summed E-state index contributed by atoms with van der Waals surface area (Å²) < 4.78 is 83.8. The van der Waals surface area contributed by atoms with Crippen LogP contribution in [0.1, 0.15) is 24.4 Å². The minimum atomic E-state index is -5.18. The van der Waals surface area contributed by atoms with E-state index in [2.05, 4.69) is 21.4 Å². The lowest BCUT2D eigenvalue weighted by molar-refractivity contribution is -0.153. The van der Waals surface area contributed by atoms with Crippen molar-refractivity contribution in [2.45, 2.75) is 30.0 Å². The Morgan fingerprint density at radius 3 is 2.55 bits per heavy atom. The lowest BCUT2D eigenvalue weighted by Gasteiger charge is -2.28. The lowest BCUT2D eigenvalue weighted by Crippen LogP contribution is -2.30. The number of hydrogen-bond acceptors (Lipinski definition) is 7. The van der Waals surface area contributed by atoms with E-state index in [0.29, 0.717) is 58.9 Å². The highest BCUT2D eigenvalue weighted by atomic mass is 32.3. The van der Waals surface area contributed by atoms with E-state index in [4.69, 9.17) is 4.74 Å². The highest BCUT2D eigenvalue weighted by molar-refractivity contribution is 7.86. The van der Waals surface area contributed by atoms with Gasteiger partial charge in [0.1, 0.15) is 16.3 Å². The van der Waals surface area contributed by atoms with Crippen LogP contribution < -0.4 is 15.5 Å². The maximum absolute atomic E-state index is 14.0. The Morgan fingerprint density at radius 2 is 1.86 bits per heavy atom. The van der Waals surface area contributed by atoms with Gasteiger partial charge in [0, 0.05) is 40.5 Å². The minimum Gasteiger partial charge on any atom is -0.483 e. The largest absolute Gasteiger partial charge is 0.483 e. The van der Waals surface area contributed by atoms with Crippen LogP contribution in [0, 0.1) is 11.3 Å². The molecule has 216 valence electrons. The summed E-state index contributed by atoms with van der Waals surface area (Å²) in [6.07, 6.45) is -1.42. The third-order valence-corrected chi connectivity index (χ3v) is 8.14. The number of halogens is 4. The van der Waals surface area contributed by atoms with Crippen LogP contribution in [0.3, 0.4) is 0 Å². The second kappa shape index (κ2) is 10.1. The predicted molar refractivity (Wildman–Crippen MR) is 147 cm³/mol. The van der Waals surface area contributed by atoms with Crippen LogP contribution >= 0.6 is 0 Å². The zero-order chi connectivity index (χ0) is 29.8. The smallest absolute Gasteiger partial charge is 0.422 e. The first kappa shape index (κ1) is 27.7. The van der Waals surface area contributed by atoms with Gasteiger partial charge in [-0.15, -0.1) is 3.89 Å². The SMILES string of the molecule is N#Cc1ccc2c(c1)[nH]c1c2c(=O)c2cc(OCC(F)(F)F)c(-c3cncc(S(=O)(=O)F)c3)cc2n1C1CCNCC1. The van der Waals surface area contributed by atoms with Crippen LogP contribution in [0.4, 0.5) is 17.1 Å². The molecule has 0 radical (unpaired) electrons. The Bertz CT molecular complexity index is 2090. The van der Waals surface area contributed by atoms with E-state index in [-0.39, 0.29) is 28.3 Å². The van der Waals surface area contributed by atoms with Crippen molar-refractivity contribution in [2.75, 3.05) is 19.7 Å². The summed E-state index contributed by atoms with van der Waals surface area (Å²) in [5, 5.41) is 13.6. The van der Waals surface area contributed by atoms with Gasteiger partial charge in [-0.1, -0.05) is 6.07 Å². The fourth-order valence-electron chi connectivity index (χ4n) is 5.52. The highest BCUT2D eigenvalue weighted by Crippen LogP contribution is 2.39. The van der Waals surface area contributed by atoms with Gasteiger partial charge in [0.05, 0.1) is 27.9 Å². The molecular formula is C28H21F4N5O4S. The van der Waals surface area contributed by atoms with Crippen LogP contribution in [-0.2, 0) is 10.2 Å². The molecule has 6 rings (SSSR count). The first-order chi connectivity index (χ1) is 19.9. The van der Waals surface area contributed by atoms with Crippen molar-refractivity contribution in [2.24, 2.45) is 0 Å². The molecule has 2 aromatic carbocycles. The van der Waals surface area contributed by atoms with Crippen molar-refractivity contribution in [3.05, 3.63) is 64.6 Å². The molecule has 1 fully saturated rings. The van der Waals surface area contributed by atoms with E-state index >= 15 is 0 Å². The van der Waals surface area contributed by atoms with E-state index in [1.54, 1.807) is 18.2 Å². The van der Waals surface area contributed by atoms with Crippen molar-refractivity contribution in [1.29, 1.82) is 5.26 Å². The third-order valence-electron chi connectivity index (χ3n) is 7.35. The second-order valence-corrected chi connectivity index (χ2v) is 11.4. The summed E-state index contributed by atoms with van der Waals surface area (Å²) in [6.45, 7) is -0.327. The number of alkyl halides is 3. The van der Waals surface area contributed by atoms with Crippen molar-refractivity contribution < 1.29 is 30.2 Å². The molecule has 9 nitrogen and oxygen atoms in total. The number of aromatic amines is 1. The van der Waals surface area contributed by atoms with Gasteiger partial charge in [0.15, 0.2) is 12.0 Å². The van der Waals surface area contributed by atoms with Gasteiger partial charge in [0.25, 0.3) is 0 Å². The van der Waals surface area contributed by atoms with Crippen LogP contribution in [0.25, 0.3) is 44.0 Å². The molecule has 4 heterocycles. The van der Waals surface area contributed by atoms with Crippen molar-refractivity contribution in [3.8, 4) is 22.9 Å². The number of H-pyrrole nitrogens is 1. The molecule has 0 aliphatic carbocycles. The standard InChI is InChI=1S/C28H21F4N5O4S/c29-28(30,31)14-41-24-10-21-23(9-20(24)16-8-18(13-35-12-16)42(32,39)40)37(17-3-5-34-6-4-17)27-25(26(21)38)19-2-1-15(11-33)7-22(19)36-27/h1-2,7-10,12-13,17,34,36H,3-6,14H2. The van der Waals surface area contributed by atoms with Crippen LogP contribution in [0.2, 0.25) is 0 Å². The van der Waals surface area contributed by atoms with E-state index in [9.17, 15) is 35.5 Å². The van der Waals surface area contributed by atoms with E-state index in [0.717, 1.165) is 12.3 Å². The predicted octanol–water partition coefficient (Wildman–Crippen LogP) is 5.09. The molecule has 3 aromatic heterocycles. The summed E-state index contributed by atoms with van der Waals surface area (Å²) in [6, 6.07) is 10.4. The number of hydrogen-bond donors (Lipinski definition) is 2. The molecule has 0 unspecified atom stereocenters. The Morgan fingerprint density at radius 1 is 1.10 bits per heavy atom. The molecule has 0 spiro atoms. The number of fused-ring (bicyclic) bond motifs is 4. The summed E-state index contributed by atoms with van der Waals surface area (Å²) in [7, 11) is -5.18. The number of nitrogens with zero attached hydrogens (tertiary/aromatic N) is 3. The van der Waals surface area contributed by atoms with Crippen molar-refractivity contribution >= 4 is 43.1 Å². The minimum absolute atomic E-state index is 0.00550. The van der Waals surface area contributed by atoms with Gasteiger partial charge >= 0.3 is 16.4 Å². The third kappa shape index (κ3) is 4.94. The number of ether oxygens (including phenoxy) is 1. The first-order valence-corrected chi connectivity index (χ1v) is 14.2. The quantitative estimate of drug-likeness (QED) is 0.213. The molecule has 14 heteroatoms. The molecule has 1 saturated heterocycles. The number of rotatable bonds is 5. The Hall–Kier alpha value is -4.48. The topological polar surface area (TPSA) is 130 Å². The van der Waals surface area contributed by atoms with Crippen LogP contribution in [-0.4, -0.2) is 48.8 Å². The zero-order valence-corrected chi connectivity index (χ0v) is 22.4. The van der Waals surface area contributed by atoms with Gasteiger partial charge in [-0.25, -0.2) is 0 Å². The van der Waals surface area contributed by atoms with E-state index < -0.39 is 33.3 Å². The summed E-state index contributed by atoms with van der Waals surface area (Å²) in [5.41, 5.74) is 1.24. The molecule has 2 N–H and O–H groups in total. The molecule has 0 saturated carbocycles. The number of pyridine rings is 2. The van der Waals surface area contributed by atoms with Gasteiger partial charge in [0.2, 0.25) is 0 Å². The molecular weight excluding hydrogens is 578 g/mol. The fraction of sp³-hybridized carbons (Fsp3) is 0.250. The molecule has 1 aliphatic rings. The Labute approximate surface area is 235 Å². The van der Waals surface area contributed by atoms with Crippen LogP contribution in [0.5, 0.6) is 5.75 Å². The molecule has 5 aromatic rings. The van der Waals surface area contributed by atoms with Crippen molar-refractivity contribution in [1.82, 2.24) is 19.9 Å². The second-order valence-electron chi connectivity index (χ2n) is 10.0. The van der Waals surface area contributed by atoms with Gasteiger partial charge in [-0.3, -0.25) is 9.78 Å². The molecule has 1 aliphatic heterocycles. The molecule has 0 bridgehead atoms. The summed E-state index contributed by atoms with van der Waals surface area (Å²) in [4.78, 5) is 20.3.